The first-order valence-electron chi connectivity index (χ1n) is 10.8. The summed E-state index contributed by atoms with van der Waals surface area (Å²) >= 11 is 1.59. The van der Waals surface area contributed by atoms with Gasteiger partial charge in [-0.25, -0.2) is 9.97 Å². The number of anilines is 3. The zero-order chi connectivity index (χ0) is 22.8. The molecule has 32 heavy (non-hydrogen) atoms. The first kappa shape index (κ1) is 22.0. The van der Waals surface area contributed by atoms with Gasteiger partial charge < -0.3 is 21.3 Å². The predicted molar refractivity (Wildman–Crippen MR) is 129 cm³/mol. The number of benzene rings is 1. The highest BCUT2D eigenvalue weighted by Crippen LogP contribution is 2.36. The number of pyridine rings is 1. The normalized spacial score (nSPS) is 18.5. The van der Waals surface area contributed by atoms with Gasteiger partial charge in [0.05, 0.1) is 28.1 Å². The summed E-state index contributed by atoms with van der Waals surface area (Å²) < 4.78 is 1.08. The summed E-state index contributed by atoms with van der Waals surface area (Å²) in [6.45, 7) is 4.60. The van der Waals surface area contributed by atoms with Crippen molar-refractivity contribution in [1.29, 1.82) is 0 Å². The van der Waals surface area contributed by atoms with E-state index in [0.29, 0.717) is 30.4 Å². The lowest BCUT2D eigenvalue weighted by Gasteiger charge is -2.38. The van der Waals surface area contributed by atoms with Crippen molar-refractivity contribution in [2.24, 2.45) is 5.92 Å². The van der Waals surface area contributed by atoms with Crippen LogP contribution in [0.2, 0.25) is 0 Å². The number of nitrogen functional groups attached to an aromatic ring is 1. The molecule has 1 fully saturated rings. The van der Waals surface area contributed by atoms with E-state index in [1.54, 1.807) is 22.3 Å². The van der Waals surface area contributed by atoms with Crippen LogP contribution in [0, 0.1) is 5.92 Å². The average molecular weight is 453 g/mol. The molecule has 1 aliphatic heterocycles. The molecule has 1 aliphatic rings. The number of piperidine rings is 1. The van der Waals surface area contributed by atoms with E-state index in [4.69, 9.17) is 5.73 Å². The number of carbonyl (C=O) groups is 2. The number of thiazole rings is 1. The second-order valence-electron chi connectivity index (χ2n) is 8.23. The van der Waals surface area contributed by atoms with Crippen LogP contribution in [0.5, 0.6) is 0 Å². The predicted octanol–water partition coefficient (Wildman–Crippen LogP) is 3.82. The molecule has 3 heterocycles. The maximum absolute atomic E-state index is 13.2. The topological polar surface area (TPSA) is 113 Å². The fourth-order valence-corrected chi connectivity index (χ4v) is 4.97. The molecule has 0 unspecified atom stereocenters. The number of hydrogen-bond donors (Lipinski definition) is 3. The van der Waals surface area contributed by atoms with Crippen molar-refractivity contribution in [2.75, 3.05) is 30.0 Å². The maximum Gasteiger partial charge on any atom is 0.313 e. The zero-order valence-electron chi connectivity index (χ0n) is 18.5. The van der Waals surface area contributed by atoms with Gasteiger partial charge in [0.2, 0.25) is 0 Å². The van der Waals surface area contributed by atoms with Crippen molar-refractivity contribution >= 4 is 50.0 Å². The Bertz CT molecular complexity index is 1160. The summed E-state index contributed by atoms with van der Waals surface area (Å²) in [4.78, 5) is 36.5. The lowest BCUT2D eigenvalue weighted by atomic mass is 9.89. The van der Waals surface area contributed by atoms with Crippen molar-refractivity contribution in [3.05, 3.63) is 41.6 Å². The highest BCUT2D eigenvalue weighted by Gasteiger charge is 2.34. The third-order valence-corrected chi connectivity index (χ3v) is 6.98. The molecule has 0 radical (unpaired) electrons. The minimum Gasteiger partial charge on any atom is -0.383 e. The Kier molecular flexibility index (Phi) is 6.27. The number of rotatable bonds is 4. The van der Waals surface area contributed by atoms with Gasteiger partial charge in [-0.3, -0.25) is 9.59 Å². The van der Waals surface area contributed by atoms with Crippen molar-refractivity contribution in [2.45, 2.75) is 39.2 Å². The first-order valence-corrected chi connectivity index (χ1v) is 11.7. The number of nitrogens with zero attached hydrogens (tertiary/aromatic N) is 3. The highest BCUT2D eigenvalue weighted by atomic mass is 32.1. The van der Waals surface area contributed by atoms with Crippen LogP contribution < -0.4 is 16.4 Å². The summed E-state index contributed by atoms with van der Waals surface area (Å²) in [5, 5.41) is 6.63. The van der Waals surface area contributed by atoms with Gasteiger partial charge in [0.15, 0.2) is 5.13 Å². The fourth-order valence-electron chi connectivity index (χ4n) is 4.17. The molecule has 8 nitrogen and oxygen atoms in total. The number of aromatic nitrogens is 2. The van der Waals surface area contributed by atoms with E-state index in [0.717, 1.165) is 39.3 Å². The number of nitrogens with two attached hydrogens (primary N) is 1. The third-order valence-electron chi connectivity index (χ3n) is 5.92. The van der Waals surface area contributed by atoms with E-state index < -0.39 is 11.8 Å². The van der Waals surface area contributed by atoms with Crippen molar-refractivity contribution in [1.82, 2.24) is 14.9 Å². The molecule has 4 rings (SSSR count). The van der Waals surface area contributed by atoms with E-state index in [2.05, 4.69) is 27.5 Å². The molecule has 0 bridgehead atoms. The van der Waals surface area contributed by atoms with Gasteiger partial charge in [0, 0.05) is 13.6 Å². The molecule has 168 valence electrons. The molecular formula is C23H28N6O2S. The monoisotopic (exact) mass is 452 g/mol. The Balaban J connectivity index is 1.57. The van der Waals surface area contributed by atoms with Crippen molar-refractivity contribution in [3.63, 3.8) is 0 Å². The van der Waals surface area contributed by atoms with Gasteiger partial charge >= 0.3 is 11.8 Å². The number of amides is 2. The maximum atomic E-state index is 13.2. The summed E-state index contributed by atoms with van der Waals surface area (Å²) in [6, 6.07) is 7.71. The number of hydrogen-bond acceptors (Lipinski definition) is 7. The van der Waals surface area contributed by atoms with E-state index in [9.17, 15) is 9.59 Å². The molecule has 3 aromatic rings. The molecule has 2 amide bonds. The molecule has 0 aliphatic carbocycles. The van der Waals surface area contributed by atoms with Gasteiger partial charge in [-0.15, -0.1) is 0 Å². The number of aryl methyl sites for hydroxylation is 1. The van der Waals surface area contributed by atoms with E-state index >= 15 is 0 Å². The van der Waals surface area contributed by atoms with Gasteiger partial charge in [-0.05, 0) is 54.5 Å². The molecular weight excluding hydrogens is 424 g/mol. The molecule has 1 saturated heterocycles. The lowest BCUT2D eigenvalue weighted by Crippen LogP contribution is -2.46. The summed E-state index contributed by atoms with van der Waals surface area (Å²) in [5.41, 5.74) is 9.05. The SMILES string of the molecule is CCc1cc(NC(=O)C(=O)N2C[C@H](C)CC[C@H]2c2ccc3sc(NC)nc3c2)cnc1N. The van der Waals surface area contributed by atoms with Gasteiger partial charge in [-0.2, -0.15) is 0 Å². The highest BCUT2D eigenvalue weighted by molar-refractivity contribution is 7.22. The minimum absolute atomic E-state index is 0.163. The Hall–Kier alpha value is -3.20. The molecule has 0 saturated carbocycles. The minimum atomic E-state index is -0.662. The Morgan fingerprint density at radius 2 is 2.09 bits per heavy atom. The van der Waals surface area contributed by atoms with Crippen molar-refractivity contribution in [3.8, 4) is 0 Å². The Morgan fingerprint density at radius 1 is 1.28 bits per heavy atom. The molecule has 9 heteroatoms. The fraction of sp³-hybridized carbons (Fsp3) is 0.391. The van der Waals surface area contributed by atoms with Crippen LogP contribution in [-0.4, -0.2) is 40.3 Å². The summed E-state index contributed by atoms with van der Waals surface area (Å²) in [5.74, 6) is -0.442. The summed E-state index contributed by atoms with van der Waals surface area (Å²) in [6.07, 6.45) is 3.97. The van der Waals surface area contributed by atoms with Crippen LogP contribution in [0.3, 0.4) is 0 Å². The van der Waals surface area contributed by atoms with Crippen LogP contribution in [0.25, 0.3) is 10.2 Å². The van der Waals surface area contributed by atoms with E-state index in [1.807, 2.05) is 32.2 Å². The van der Waals surface area contributed by atoms with Crippen LogP contribution in [0.1, 0.15) is 43.9 Å². The number of fused-ring (bicyclic) bond motifs is 1. The van der Waals surface area contributed by atoms with Crippen LogP contribution >= 0.6 is 11.3 Å². The number of likely N-dealkylation sites (tertiary alicyclic amines) is 1. The van der Waals surface area contributed by atoms with E-state index in [1.165, 1.54) is 6.20 Å². The van der Waals surface area contributed by atoms with Crippen LogP contribution in [-0.2, 0) is 16.0 Å². The third kappa shape index (κ3) is 4.38. The largest absolute Gasteiger partial charge is 0.383 e. The lowest BCUT2D eigenvalue weighted by molar-refractivity contribution is -0.146. The van der Waals surface area contributed by atoms with Gasteiger partial charge in [0.25, 0.3) is 0 Å². The van der Waals surface area contributed by atoms with Gasteiger partial charge in [0.1, 0.15) is 5.82 Å². The summed E-state index contributed by atoms with van der Waals surface area (Å²) in [7, 11) is 1.85. The quantitative estimate of drug-likeness (QED) is 0.519. The smallest absolute Gasteiger partial charge is 0.313 e. The molecule has 0 spiro atoms. The first-order chi connectivity index (χ1) is 15.4. The second-order valence-corrected chi connectivity index (χ2v) is 9.26. The Labute approximate surface area is 191 Å². The molecule has 2 atom stereocenters. The van der Waals surface area contributed by atoms with Crippen LogP contribution in [0.15, 0.2) is 30.5 Å². The van der Waals surface area contributed by atoms with Crippen molar-refractivity contribution < 1.29 is 9.59 Å². The zero-order valence-corrected chi connectivity index (χ0v) is 19.3. The average Bonchev–Trinajstić information content (AvgIpc) is 3.22. The molecule has 4 N–H and O–H groups in total. The Morgan fingerprint density at radius 3 is 2.84 bits per heavy atom. The number of nitrogens with one attached hydrogen (secondary N) is 2. The molecule has 1 aromatic carbocycles. The van der Waals surface area contributed by atoms with Crippen LogP contribution in [0.4, 0.5) is 16.6 Å². The van der Waals surface area contributed by atoms with E-state index in [-0.39, 0.29) is 6.04 Å². The van der Waals surface area contributed by atoms with Gasteiger partial charge in [-0.1, -0.05) is 31.3 Å². The molecule has 2 aromatic heterocycles. The second kappa shape index (κ2) is 9.12. The standard InChI is InChI=1S/C23H28N6O2S/c1-4-14-9-16(11-26-20(14)24)27-21(30)22(31)29-12-13(2)5-7-18(29)15-6-8-19-17(10-15)28-23(25-3)32-19/h6,8-11,13,18H,4-5,7,12H2,1-3H3,(H2,24,26)(H,25,28)(H,27,30)/t13-,18+/m1/s1. The number of carbonyl (C=O) groups excluding carboxylic acids is 2.